The topological polar surface area (TPSA) is 92.4 Å². The normalized spacial score (nSPS) is 26.7. The van der Waals surface area contributed by atoms with Gasteiger partial charge < -0.3 is 20.7 Å². The largest absolute Gasteiger partial charge is 0.461 e. The van der Waals surface area contributed by atoms with Gasteiger partial charge in [-0.25, -0.2) is 18.2 Å². The summed E-state index contributed by atoms with van der Waals surface area (Å²) in [5, 5.41) is 3.32. The van der Waals surface area contributed by atoms with E-state index in [1.54, 1.807) is 0 Å². The first kappa shape index (κ1) is 29.9. The Bertz CT molecular complexity index is 1840. The molecule has 46 heavy (non-hydrogen) atoms. The van der Waals surface area contributed by atoms with Gasteiger partial charge in [-0.1, -0.05) is 17.8 Å². The van der Waals surface area contributed by atoms with Crippen LogP contribution in [0.5, 0.6) is 6.01 Å². The van der Waals surface area contributed by atoms with E-state index in [4.69, 9.17) is 10.5 Å². The summed E-state index contributed by atoms with van der Waals surface area (Å²) in [6.07, 6.45) is -1.31. The summed E-state index contributed by atoms with van der Waals surface area (Å²) in [6.45, 7) is 2.04. The van der Waals surface area contributed by atoms with Crippen LogP contribution in [0, 0.1) is 11.6 Å². The van der Waals surface area contributed by atoms with Crippen LogP contribution in [-0.2, 0) is 6.18 Å². The fourth-order valence-corrected chi connectivity index (χ4v) is 8.72. The number of benzene rings is 2. The van der Waals surface area contributed by atoms with Gasteiger partial charge in [-0.05, 0) is 50.4 Å². The van der Waals surface area contributed by atoms with Crippen molar-refractivity contribution >= 4 is 43.4 Å². The van der Waals surface area contributed by atoms with E-state index in [-0.39, 0.29) is 62.3 Å². The highest BCUT2D eigenvalue weighted by molar-refractivity contribution is 7.22. The number of alkyl halides is 4. The van der Waals surface area contributed by atoms with Gasteiger partial charge in [0.15, 0.2) is 10.9 Å². The van der Waals surface area contributed by atoms with Crippen LogP contribution >= 0.6 is 11.3 Å². The number of aromatic nitrogens is 3. The number of piperidine rings is 1. The van der Waals surface area contributed by atoms with Gasteiger partial charge in [0.1, 0.15) is 29.9 Å². The van der Waals surface area contributed by atoms with Gasteiger partial charge in [0.05, 0.1) is 21.3 Å². The summed E-state index contributed by atoms with van der Waals surface area (Å²) >= 11 is 0.767. The molecule has 15 heteroatoms. The summed E-state index contributed by atoms with van der Waals surface area (Å²) in [4.78, 5) is 17.0. The number of nitrogens with one attached hydrogen (secondary N) is 1. The Morgan fingerprint density at radius 2 is 1.83 bits per heavy atom. The standard InChI is InChI=1S/C31H31F6N7OS/c32-15-10-30(7-1-2-8-44(30)11-15)14-45-29-41-24-19(27(42-29)43-12-16-3-4-17(13-43)39-16)9-20(31(35,36)37)22(23(24)34)18-5-6-21(33)26-25(18)40-28(38)46-26/h5-6,9,15-17,39H,1-4,7-8,10-14H2,(H2,38,40). The highest BCUT2D eigenvalue weighted by atomic mass is 32.1. The molecular weight excluding hydrogens is 632 g/mol. The monoisotopic (exact) mass is 663 g/mol. The van der Waals surface area contributed by atoms with E-state index in [1.165, 1.54) is 0 Å². The molecule has 4 aromatic rings. The van der Waals surface area contributed by atoms with Crippen LogP contribution in [-0.4, -0.2) is 76.4 Å². The maximum Gasteiger partial charge on any atom is 0.417 e. The van der Waals surface area contributed by atoms with Crippen molar-refractivity contribution in [3.05, 3.63) is 35.4 Å². The van der Waals surface area contributed by atoms with Crippen LogP contribution in [0.15, 0.2) is 18.2 Å². The minimum absolute atomic E-state index is 0.0664. The van der Waals surface area contributed by atoms with Gasteiger partial charge in [0.2, 0.25) is 0 Å². The highest BCUT2D eigenvalue weighted by Crippen LogP contribution is 2.46. The van der Waals surface area contributed by atoms with Crippen molar-refractivity contribution < 1.29 is 31.1 Å². The maximum atomic E-state index is 16.8. The second-order valence-electron chi connectivity index (χ2n) is 12.9. The number of nitrogens with two attached hydrogens (primary N) is 1. The quantitative estimate of drug-likeness (QED) is 0.249. The lowest BCUT2D eigenvalue weighted by molar-refractivity contribution is -0.137. The molecule has 0 amide bonds. The third-order valence-corrected chi connectivity index (χ3v) is 10.9. The van der Waals surface area contributed by atoms with Crippen molar-refractivity contribution in [3.63, 3.8) is 0 Å². The Hall–Kier alpha value is -3.43. The van der Waals surface area contributed by atoms with E-state index in [0.29, 0.717) is 26.1 Å². The Balaban J connectivity index is 1.31. The first-order chi connectivity index (χ1) is 22.0. The van der Waals surface area contributed by atoms with Crippen LogP contribution in [0.2, 0.25) is 0 Å². The number of ether oxygens (including phenoxy) is 1. The molecule has 8 rings (SSSR count). The van der Waals surface area contributed by atoms with Gasteiger partial charge in [-0.2, -0.15) is 23.1 Å². The summed E-state index contributed by atoms with van der Waals surface area (Å²) in [7, 11) is 0. The average molecular weight is 664 g/mol. The molecular formula is C31H31F6N7OS. The first-order valence-corrected chi connectivity index (χ1v) is 16.3. The summed E-state index contributed by atoms with van der Waals surface area (Å²) in [5.74, 6) is -1.84. The number of hydrogen-bond acceptors (Lipinski definition) is 9. The van der Waals surface area contributed by atoms with Crippen LogP contribution in [0.25, 0.3) is 32.2 Å². The molecule has 8 nitrogen and oxygen atoms in total. The average Bonchev–Trinajstić information content (AvgIpc) is 3.69. The molecule has 2 aromatic heterocycles. The first-order valence-electron chi connectivity index (χ1n) is 15.5. The SMILES string of the molecule is Nc1nc2c(-c3c(C(F)(F)F)cc4c(N5CC6CCC(C5)N6)nc(OCC56CCCCN5CC(F)C6)nc4c3F)ccc(F)c2s1. The van der Waals surface area contributed by atoms with Gasteiger partial charge >= 0.3 is 12.2 Å². The number of anilines is 2. The Morgan fingerprint density at radius 3 is 2.59 bits per heavy atom. The molecule has 2 aromatic carbocycles. The molecule has 4 atom stereocenters. The number of fused-ring (bicyclic) bond motifs is 5. The number of nitrogen functional groups attached to an aromatic ring is 1. The predicted octanol–water partition coefficient (Wildman–Crippen LogP) is 6.07. The molecule has 0 saturated carbocycles. The smallest absolute Gasteiger partial charge is 0.417 e. The second kappa shape index (κ2) is 10.8. The molecule has 0 aliphatic carbocycles. The minimum Gasteiger partial charge on any atom is -0.461 e. The summed E-state index contributed by atoms with van der Waals surface area (Å²) in [6, 6.07) is 2.95. The zero-order valence-corrected chi connectivity index (χ0v) is 25.5. The number of rotatable bonds is 5. The summed E-state index contributed by atoms with van der Waals surface area (Å²) in [5.41, 5.74) is 2.39. The molecule has 4 aliphatic rings. The number of piperazine rings is 1. The van der Waals surface area contributed by atoms with Crippen LogP contribution in [0.3, 0.4) is 0 Å². The van der Waals surface area contributed by atoms with Gasteiger partial charge in [0, 0.05) is 54.7 Å². The fraction of sp³-hybridized carbons (Fsp3) is 0.516. The zero-order valence-electron chi connectivity index (χ0n) is 24.6. The molecule has 2 bridgehead atoms. The highest BCUT2D eigenvalue weighted by Gasteiger charge is 2.48. The number of hydrogen-bond donors (Lipinski definition) is 2. The lowest BCUT2D eigenvalue weighted by Gasteiger charge is -2.41. The molecule has 6 heterocycles. The minimum atomic E-state index is -4.99. The van der Waals surface area contributed by atoms with E-state index in [9.17, 15) is 22.0 Å². The summed E-state index contributed by atoms with van der Waals surface area (Å²) < 4.78 is 96.5. The molecule has 4 unspecified atom stereocenters. The van der Waals surface area contributed by atoms with Crippen molar-refractivity contribution in [3.8, 4) is 17.1 Å². The Labute approximate surface area is 263 Å². The number of nitrogens with zero attached hydrogens (tertiary/aromatic N) is 5. The van der Waals surface area contributed by atoms with Gasteiger partial charge in [0.25, 0.3) is 0 Å². The van der Waals surface area contributed by atoms with E-state index in [2.05, 4.69) is 25.2 Å². The molecule has 4 saturated heterocycles. The molecule has 244 valence electrons. The maximum absolute atomic E-state index is 16.8. The van der Waals surface area contributed by atoms with Gasteiger partial charge in [-0.15, -0.1) is 0 Å². The van der Waals surface area contributed by atoms with Crippen molar-refractivity contribution in [1.82, 2.24) is 25.2 Å². The Kier molecular flexibility index (Phi) is 7.03. The van der Waals surface area contributed by atoms with Crippen molar-refractivity contribution in [2.24, 2.45) is 0 Å². The molecule has 4 fully saturated rings. The van der Waals surface area contributed by atoms with E-state index in [0.717, 1.165) is 68.2 Å². The molecule has 3 N–H and O–H groups in total. The molecule has 0 spiro atoms. The van der Waals surface area contributed by atoms with Gasteiger partial charge in [-0.3, -0.25) is 4.90 Å². The van der Waals surface area contributed by atoms with E-state index in [1.807, 2.05) is 4.90 Å². The number of halogens is 6. The lowest BCUT2D eigenvalue weighted by atomic mass is 9.87. The van der Waals surface area contributed by atoms with E-state index < -0.39 is 40.6 Å². The molecule has 4 aliphatic heterocycles. The van der Waals surface area contributed by atoms with E-state index >= 15 is 4.39 Å². The third-order valence-electron chi connectivity index (χ3n) is 9.97. The van der Waals surface area contributed by atoms with Crippen molar-refractivity contribution in [1.29, 1.82) is 0 Å². The van der Waals surface area contributed by atoms with Crippen LogP contribution in [0.4, 0.5) is 37.3 Å². The molecule has 0 radical (unpaired) electrons. The van der Waals surface area contributed by atoms with Crippen molar-refractivity contribution in [2.45, 2.75) is 68.5 Å². The zero-order chi connectivity index (χ0) is 32.0. The predicted molar refractivity (Wildman–Crippen MR) is 163 cm³/mol. The van der Waals surface area contributed by atoms with Crippen molar-refractivity contribution in [2.75, 3.05) is 43.4 Å². The Morgan fingerprint density at radius 1 is 1.04 bits per heavy atom. The van der Waals surface area contributed by atoms with Crippen LogP contribution < -0.4 is 20.7 Å². The second-order valence-corrected chi connectivity index (χ2v) is 14.0. The fourth-order valence-electron chi connectivity index (χ4n) is 7.95. The third kappa shape index (κ3) is 4.93. The van der Waals surface area contributed by atoms with Crippen LogP contribution in [0.1, 0.15) is 44.1 Å². The number of thiazole rings is 1. The lowest BCUT2D eigenvalue weighted by Crippen LogP contribution is -2.52.